The van der Waals surface area contributed by atoms with Gasteiger partial charge in [-0.25, -0.2) is 0 Å². The van der Waals surface area contributed by atoms with Crippen molar-refractivity contribution in [3.8, 4) is 0 Å². The lowest BCUT2D eigenvalue weighted by atomic mass is 10.2. The van der Waals surface area contributed by atoms with Crippen molar-refractivity contribution in [2.45, 2.75) is 33.1 Å². The predicted molar refractivity (Wildman–Crippen MR) is 55.9 cm³/mol. The van der Waals surface area contributed by atoms with Crippen molar-refractivity contribution in [1.29, 1.82) is 0 Å². The molecule has 0 saturated carbocycles. The second kappa shape index (κ2) is 7.04. The van der Waals surface area contributed by atoms with E-state index < -0.39 is 5.97 Å². The van der Waals surface area contributed by atoms with Crippen LogP contribution < -0.4 is 9.79 Å². The van der Waals surface area contributed by atoms with Gasteiger partial charge in [-0.05, 0) is 19.8 Å². The van der Waals surface area contributed by atoms with Crippen LogP contribution in [0.25, 0.3) is 0 Å². The van der Waals surface area contributed by atoms with Crippen LogP contribution in [0.15, 0.2) is 12.4 Å². The number of carboxylic acid groups (broad SMARTS) is 1. The van der Waals surface area contributed by atoms with E-state index in [9.17, 15) is 0 Å². The molecule has 4 nitrogen and oxygen atoms in total. The molecule has 1 heterocycles. The van der Waals surface area contributed by atoms with Gasteiger partial charge in [0.25, 0.3) is 0 Å². The zero-order valence-corrected chi connectivity index (χ0v) is 9.99. The van der Waals surface area contributed by atoms with Crippen LogP contribution in [-0.4, -0.2) is 10.7 Å². The van der Waals surface area contributed by atoms with Crippen molar-refractivity contribution in [2.75, 3.05) is 0 Å². The molecule has 0 aliphatic heterocycles. The van der Waals surface area contributed by atoms with Gasteiger partial charge >= 0.3 is 0 Å². The number of carbonyl (C=O) groups excluding carboxylic acids is 1. The second-order valence-electron chi connectivity index (χ2n) is 3.58. The summed E-state index contributed by atoms with van der Waals surface area (Å²) in [4.78, 5) is 8.89. The summed E-state index contributed by atoms with van der Waals surface area (Å²) in [5, 5.41) is 8.89. The fourth-order valence-electron chi connectivity index (χ4n) is 1.21. The van der Waals surface area contributed by atoms with Gasteiger partial charge in [0.15, 0.2) is 13.2 Å². The topological polar surface area (TPSA) is 48.9 Å². The number of unbranched alkanes of at least 4 members (excludes halogenated alkanes) is 1. The number of hydrogen-bond donors (Lipinski definition) is 0. The molecule has 1 aromatic heterocycles. The summed E-state index contributed by atoms with van der Waals surface area (Å²) in [6.07, 6.45) is 8.17. The summed E-state index contributed by atoms with van der Waals surface area (Å²) < 4.78 is 4.20. The molecule has 1 rings (SSSR count). The van der Waals surface area contributed by atoms with Gasteiger partial charge in [0.2, 0.25) is 0 Å². The van der Waals surface area contributed by atoms with E-state index in [1.54, 1.807) is 0 Å². The summed E-state index contributed by atoms with van der Waals surface area (Å²) in [5.74, 6) is -1.08. The Kier molecular flexibility index (Phi) is 6.42. The number of aryl methyl sites for hydroxylation is 3. The second-order valence-corrected chi connectivity index (χ2v) is 3.58. The molecule has 0 atom stereocenters. The van der Waals surface area contributed by atoms with Gasteiger partial charge in [-0.3, -0.25) is 0 Å². The summed E-state index contributed by atoms with van der Waals surface area (Å²) in [6, 6.07) is 0. The molecule has 0 aliphatic carbocycles. The van der Waals surface area contributed by atoms with Gasteiger partial charge in [0, 0.05) is 11.5 Å². The normalized spacial score (nSPS) is 9.33. The minimum Gasteiger partial charge on any atom is -0.550 e. The van der Waals surface area contributed by atoms with Crippen LogP contribution in [0.2, 0.25) is 0 Å². The Hall–Kier alpha value is -1.32. The van der Waals surface area contributed by atoms with Crippen molar-refractivity contribution >= 4 is 5.97 Å². The molecule has 0 amide bonds. The van der Waals surface area contributed by atoms with Gasteiger partial charge in [0.1, 0.15) is 0 Å². The molecule has 0 aromatic carbocycles. The van der Waals surface area contributed by atoms with E-state index in [0.29, 0.717) is 0 Å². The summed E-state index contributed by atoms with van der Waals surface area (Å²) in [6.45, 7) is 3.20. The minimum absolute atomic E-state index is 0.972. The zero-order chi connectivity index (χ0) is 11.8. The van der Waals surface area contributed by atoms with Crippen molar-refractivity contribution in [1.82, 2.24) is 4.68 Å². The number of aliphatic carboxylic acids is 1. The highest BCUT2D eigenvalue weighted by Crippen LogP contribution is 2.00. The number of aromatic nitrogens is 2. The van der Waals surface area contributed by atoms with Crippen molar-refractivity contribution < 1.29 is 14.6 Å². The van der Waals surface area contributed by atoms with E-state index in [1.807, 2.05) is 0 Å². The Morgan fingerprint density at radius 1 is 1.60 bits per heavy atom. The largest absolute Gasteiger partial charge is 0.550 e. The van der Waals surface area contributed by atoms with Crippen molar-refractivity contribution in [3.05, 3.63) is 18.0 Å². The maximum atomic E-state index is 8.89. The third-order valence-corrected chi connectivity index (χ3v) is 2.02. The highest BCUT2D eigenvalue weighted by Gasteiger charge is 2.03. The molecule has 0 bridgehead atoms. The Morgan fingerprint density at radius 3 is 2.47 bits per heavy atom. The molecule has 1 aromatic rings. The third kappa shape index (κ3) is 6.71. The van der Waals surface area contributed by atoms with E-state index in [-0.39, 0.29) is 0 Å². The molecule has 0 N–H and O–H groups in total. The molecule has 0 radical (unpaired) electrons. The summed E-state index contributed by atoms with van der Waals surface area (Å²) >= 11 is 0. The van der Waals surface area contributed by atoms with E-state index in [2.05, 4.69) is 42.8 Å². The summed E-state index contributed by atoms with van der Waals surface area (Å²) in [5.41, 5.74) is 1.44. The lowest BCUT2D eigenvalue weighted by molar-refractivity contribution is -0.751. The quantitative estimate of drug-likeness (QED) is 0.659. The molecule has 0 fully saturated rings. The average molecular weight is 212 g/mol. The smallest absolute Gasteiger partial charge is 0.198 e. The van der Waals surface area contributed by atoms with Gasteiger partial charge in [-0.2, -0.15) is 4.68 Å². The van der Waals surface area contributed by atoms with Crippen LogP contribution in [0.3, 0.4) is 0 Å². The van der Waals surface area contributed by atoms with Crippen LogP contribution in [0.1, 0.15) is 32.3 Å². The first-order chi connectivity index (χ1) is 6.97. The first-order valence-electron chi connectivity index (χ1n) is 5.16. The highest BCUT2D eigenvalue weighted by atomic mass is 16.4. The maximum Gasteiger partial charge on any atom is 0.198 e. The monoisotopic (exact) mass is 212 g/mol. The van der Waals surface area contributed by atoms with Gasteiger partial charge in [-0.1, -0.05) is 13.3 Å². The van der Waals surface area contributed by atoms with E-state index in [4.69, 9.17) is 9.90 Å². The van der Waals surface area contributed by atoms with Crippen LogP contribution in [0, 0.1) is 0 Å². The number of nitrogens with zero attached hydrogens (tertiary/aromatic N) is 2. The van der Waals surface area contributed by atoms with Gasteiger partial charge in [-0.15, -0.1) is 4.68 Å². The SMILES string of the molecule is CC(=O)[O-].CCCCc1cn(C)[n+](C)c1. The molecular weight excluding hydrogens is 192 g/mol. The summed E-state index contributed by atoms with van der Waals surface area (Å²) in [7, 11) is 4.13. The molecular formula is C11H20N2O2. The van der Waals surface area contributed by atoms with E-state index >= 15 is 0 Å². The van der Waals surface area contributed by atoms with Gasteiger partial charge < -0.3 is 9.90 Å². The fraction of sp³-hybridized carbons (Fsp3) is 0.636. The number of carboxylic acids is 1. The lowest BCUT2D eigenvalue weighted by Gasteiger charge is -1.88. The third-order valence-electron chi connectivity index (χ3n) is 2.02. The van der Waals surface area contributed by atoms with Crippen molar-refractivity contribution in [3.63, 3.8) is 0 Å². The molecule has 4 heteroatoms. The molecule has 15 heavy (non-hydrogen) atoms. The standard InChI is InChI=1S/C9H17N2.C2H4O2/c1-4-5-6-9-7-10(2)11(3)8-9;1-2(3)4/h7-8H,4-6H2,1-3H3;1H3,(H,3,4)/q+1;/p-1. The highest BCUT2D eigenvalue weighted by molar-refractivity contribution is 5.60. The van der Waals surface area contributed by atoms with E-state index in [0.717, 1.165) is 6.92 Å². The first-order valence-corrected chi connectivity index (χ1v) is 5.16. The number of carbonyl (C=O) groups is 1. The molecule has 0 aliphatic rings. The lowest BCUT2D eigenvalue weighted by Crippen LogP contribution is -2.35. The van der Waals surface area contributed by atoms with E-state index in [1.165, 1.54) is 24.8 Å². The fourth-order valence-corrected chi connectivity index (χ4v) is 1.21. The first kappa shape index (κ1) is 13.7. The van der Waals surface area contributed by atoms with Crippen LogP contribution in [0.4, 0.5) is 0 Å². The van der Waals surface area contributed by atoms with Crippen LogP contribution >= 0.6 is 0 Å². The average Bonchev–Trinajstić information content (AvgIpc) is 2.42. The van der Waals surface area contributed by atoms with Gasteiger partial charge in [0.05, 0.1) is 13.2 Å². The van der Waals surface area contributed by atoms with Crippen molar-refractivity contribution in [2.24, 2.45) is 14.1 Å². The minimum atomic E-state index is -1.08. The molecule has 0 spiro atoms. The maximum absolute atomic E-state index is 8.89. The molecule has 0 saturated heterocycles. The predicted octanol–water partition coefficient (Wildman–Crippen LogP) is -0.0516. The Balaban J connectivity index is 0.000000423. The Morgan fingerprint density at radius 2 is 2.13 bits per heavy atom. The molecule has 0 unspecified atom stereocenters. The number of hydrogen-bond acceptors (Lipinski definition) is 2. The Bertz CT molecular complexity index is 282. The zero-order valence-electron chi connectivity index (χ0n) is 9.99. The van der Waals surface area contributed by atoms with Crippen LogP contribution in [0.5, 0.6) is 0 Å². The van der Waals surface area contributed by atoms with Crippen LogP contribution in [-0.2, 0) is 25.3 Å². The Labute approximate surface area is 91.1 Å². The number of rotatable bonds is 3. The molecule has 86 valence electrons.